The Bertz CT molecular complexity index is 553. The third kappa shape index (κ3) is 2.94. The van der Waals surface area contributed by atoms with Crippen molar-refractivity contribution >= 4 is 23.2 Å². The molecule has 3 N–H and O–H groups in total. The largest absolute Gasteiger partial charge is 0.382 e. The smallest absolute Gasteiger partial charge is 0.253 e. The average molecular weight is 288 g/mol. The molecule has 6 nitrogen and oxygen atoms in total. The number of likely N-dealkylation sites (tertiary alicyclic amines) is 1. The van der Waals surface area contributed by atoms with Crippen LogP contribution < -0.4 is 16.0 Å². The monoisotopic (exact) mass is 288 g/mol. The summed E-state index contributed by atoms with van der Waals surface area (Å²) in [7, 11) is 0. The van der Waals surface area contributed by atoms with Crippen molar-refractivity contribution in [2.24, 2.45) is 0 Å². The van der Waals surface area contributed by atoms with Gasteiger partial charge >= 0.3 is 0 Å². The van der Waals surface area contributed by atoms with Gasteiger partial charge in [-0.2, -0.15) is 0 Å². The highest BCUT2D eigenvalue weighted by molar-refractivity contribution is 6.03. The third-order valence-electron chi connectivity index (χ3n) is 3.91. The van der Waals surface area contributed by atoms with E-state index in [-0.39, 0.29) is 18.4 Å². The zero-order valence-corrected chi connectivity index (χ0v) is 11.9. The van der Waals surface area contributed by atoms with Crippen molar-refractivity contribution in [1.29, 1.82) is 0 Å². The van der Waals surface area contributed by atoms with Crippen molar-refractivity contribution in [1.82, 2.24) is 10.2 Å². The summed E-state index contributed by atoms with van der Waals surface area (Å²) in [5.74, 6) is -0.215. The number of carbonyl (C=O) groups excluding carboxylic acids is 2. The van der Waals surface area contributed by atoms with Crippen molar-refractivity contribution in [2.75, 3.05) is 43.4 Å². The summed E-state index contributed by atoms with van der Waals surface area (Å²) < 4.78 is 0. The molecule has 0 saturated carbocycles. The normalized spacial score (nSPS) is 16.7. The Morgan fingerprint density at radius 2 is 1.90 bits per heavy atom. The highest BCUT2D eigenvalue weighted by Crippen LogP contribution is 2.28. The van der Waals surface area contributed by atoms with Crippen LogP contribution in [0.1, 0.15) is 23.2 Å². The van der Waals surface area contributed by atoms with Crippen LogP contribution in [0.2, 0.25) is 0 Å². The van der Waals surface area contributed by atoms with Crippen molar-refractivity contribution in [3.63, 3.8) is 0 Å². The first-order valence-electron chi connectivity index (χ1n) is 7.42. The van der Waals surface area contributed by atoms with Gasteiger partial charge in [-0.3, -0.25) is 9.59 Å². The van der Waals surface area contributed by atoms with Gasteiger partial charge < -0.3 is 20.9 Å². The lowest BCUT2D eigenvalue weighted by molar-refractivity contribution is -0.129. The number of nitrogens with one attached hydrogen (secondary N) is 3. The molecule has 0 unspecified atom stereocenters. The molecule has 0 bridgehead atoms. The predicted molar refractivity (Wildman–Crippen MR) is 81.6 cm³/mol. The Kier molecular flexibility index (Phi) is 3.94. The molecule has 2 aliphatic rings. The SMILES string of the molecule is O=C(NCC(=O)N1CCCC1)c1cccc2c1NCCN2. The number of nitrogens with zero attached hydrogens (tertiary/aromatic N) is 1. The Morgan fingerprint density at radius 3 is 2.71 bits per heavy atom. The van der Waals surface area contributed by atoms with E-state index >= 15 is 0 Å². The molecule has 0 atom stereocenters. The van der Waals surface area contributed by atoms with Crippen LogP contribution >= 0.6 is 0 Å². The summed E-state index contributed by atoms with van der Waals surface area (Å²) in [6, 6.07) is 5.55. The Labute approximate surface area is 123 Å². The number of para-hydroxylation sites is 1. The van der Waals surface area contributed by atoms with E-state index in [0.29, 0.717) is 5.56 Å². The van der Waals surface area contributed by atoms with Gasteiger partial charge in [0.25, 0.3) is 5.91 Å². The van der Waals surface area contributed by atoms with Crippen LogP contribution in [0.5, 0.6) is 0 Å². The van der Waals surface area contributed by atoms with Crippen LogP contribution in [-0.2, 0) is 4.79 Å². The quantitative estimate of drug-likeness (QED) is 0.772. The standard InChI is InChI=1S/C15H20N4O2/c20-13(19-8-1-2-9-19)10-18-15(21)11-4-3-5-12-14(11)17-7-6-16-12/h3-5,16-17H,1-2,6-10H2,(H,18,21). The predicted octanol–water partition coefficient (Wildman–Crippen LogP) is 0.876. The van der Waals surface area contributed by atoms with E-state index in [1.807, 2.05) is 12.1 Å². The fourth-order valence-electron chi connectivity index (χ4n) is 2.79. The molecule has 0 aliphatic carbocycles. The molecule has 2 amide bonds. The van der Waals surface area contributed by atoms with E-state index in [2.05, 4.69) is 16.0 Å². The molecule has 1 saturated heterocycles. The minimum atomic E-state index is -0.212. The minimum Gasteiger partial charge on any atom is -0.382 e. The highest BCUT2D eigenvalue weighted by atomic mass is 16.2. The summed E-state index contributed by atoms with van der Waals surface area (Å²) in [5, 5.41) is 9.21. The summed E-state index contributed by atoms with van der Waals surface area (Å²) in [4.78, 5) is 26.0. The molecule has 0 spiro atoms. The Hall–Kier alpha value is -2.24. The average Bonchev–Trinajstić information content (AvgIpc) is 3.06. The molecule has 1 fully saturated rings. The van der Waals surface area contributed by atoms with Crippen molar-refractivity contribution in [2.45, 2.75) is 12.8 Å². The van der Waals surface area contributed by atoms with Gasteiger partial charge in [-0.15, -0.1) is 0 Å². The highest BCUT2D eigenvalue weighted by Gasteiger charge is 2.20. The lowest BCUT2D eigenvalue weighted by atomic mass is 10.1. The first-order chi connectivity index (χ1) is 10.3. The van der Waals surface area contributed by atoms with E-state index < -0.39 is 0 Å². The summed E-state index contributed by atoms with van der Waals surface area (Å²) in [5.41, 5.74) is 2.32. The first kappa shape index (κ1) is 13.7. The fourth-order valence-corrected chi connectivity index (χ4v) is 2.79. The third-order valence-corrected chi connectivity index (χ3v) is 3.91. The van der Waals surface area contributed by atoms with Crippen molar-refractivity contribution in [3.8, 4) is 0 Å². The van der Waals surface area contributed by atoms with Gasteiger partial charge in [0.15, 0.2) is 0 Å². The number of hydrogen-bond donors (Lipinski definition) is 3. The minimum absolute atomic E-state index is 0.00303. The van der Waals surface area contributed by atoms with Crippen LogP contribution in [-0.4, -0.2) is 49.4 Å². The Balaban J connectivity index is 1.64. The van der Waals surface area contributed by atoms with E-state index in [1.165, 1.54) is 0 Å². The molecule has 0 radical (unpaired) electrons. The zero-order valence-electron chi connectivity index (χ0n) is 11.9. The maximum absolute atomic E-state index is 12.3. The second kappa shape index (κ2) is 6.03. The number of anilines is 2. The van der Waals surface area contributed by atoms with E-state index in [0.717, 1.165) is 50.4 Å². The lowest BCUT2D eigenvalue weighted by Gasteiger charge is -2.22. The molecular formula is C15H20N4O2. The second-order valence-corrected chi connectivity index (χ2v) is 5.35. The summed E-state index contributed by atoms with van der Waals surface area (Å²) in [6.45, 7) is 3.30. The molecule has 3 rings (SSSR count). The fraction of sp³-hybridized carbons (Fsp3) is 0.467. The first-order valence-corrected chi connectivity index (χ1v) is 7.42. The van der Waals surface area contributed by atoms with Gasteiger partial charge in [0.05, 0.1) is 23.5 Å². The van der Waals surface area contributed by atoms with Crippen LogP contribution in [0, 0.1) is 0 Å². The summed E-state index contributed by atoms with van der Waals surface area (Å²) >= 11 is 0. The van der Waals surface area contributed by atoms with Crippen molar-refractivity contribution in [3.05, 3.63) is 23.8 Å². The number of fused-ring (bicyclic) bond motifs is 1. The second-order valence-electron chi connectivity index (χ2n) is 5.35. The molecule has 2 heterocycles. The van der Waals surface area contributed by atoms with Crippen molar-refractivity contribution < 1.29 is 9.59 Å². The number of hydrogen-bond acceptors (Lipinski definition) is 4. The summed E-state index contributed by atoms with van der Waals surface area (Å²) in [6.07, 6.45) is 2.11. The number of benzene rings is 1. The molecule has 1 aromatic carbocycles. The van der Waals surface area contributed by atoms with E-state index in [1.54, 1.807) is 11.0 Å². The topological polar surface area (TPSA) is 73.5 Å². The Morgan fingerprint density at radius 1 is 1.14 bits per heavy atom. The van der Waals surface area contributed by atoms with Gasteiger partial charge in [0.1, 0.15) is 0 Å². The molecule has 2 aliphatic heterocycles. The number of amides is 2. The maximum Gasteiger partial charge on any atom is 0.253 e. The maximum atomic E-state index is 12.3. The molecule has 1 aromatic rings. The zero-order chi connectivity index (χ0) is 14.7. The van der Waals surface area contributed by atoms with Crippen LogP contribution in [0.4, 0.5) is 11.4 Å². The van der Waals surface area contributed by atoms with Gasteiger partial charge in [-0.1, -0.05) is 6.07 Å². The molecule has 6 heteroatoms. The van der Waals surface area contributed by atoms with Crippen LogP contribution in [0.25, 0.3) is 0 Å². The molecule has 112 valence electrons. The number of carbonyl (C=O) groups is 2. The molecule has 21 heavy (non-hydrogen) atoms. The van der Waals surface area contributed by atoms with Crippen LogP contribution in [0.3, 0.4) is 0 Å². The van der Waals surface area contributed by atoms with Crippen LogP contribution in [0.15, 0.2) is 18.2 Å². The van der Waals surface area contributed by atoms with Gasteiger partial charge in [-0.25, -0.2) is 0 Å². The van der Waals surface area contributed by atoms with Gasteiger partial charge in [-0.05, 0) is 25.0 Å². The van der Waals surface area contributed by atoms with Gasteiger partial charge in [0, 0.05) is 26.2 Å². The van der Waals surface area contributed by atoms with Gasteiger partial charge in [0.2, 0.25) is 5.91 Å². The van der Waals surface area contributed by atoms with E-state index in [9.17, 15) is 9.59 Å². The number of rotatable bonds is 3. The molecular weight excluding hydrogens is 268 g/mol. The van der Waals surface area contributed by atoms with E-state index in [4.69, 9.17) is 0 Å². The lowest BCUT2D eigenvalue weighted by Crippen LogP contribution is -2.39. The molecule has 0 aromatic heterocycles.